The minimum Gasteiger partial charge on any atom is -0.387 e. The standard InChI is InChI=1S/C10H16FN2O15P3/c1-10(4-2-12-9(17)13-8(4)16)7(15)6(14)5(25-10)3-24-31(23,26-11)28-30(21,22)27-29(18,19)20/h2,5-7,14-15H,3H2,1H3,(H,21,22)(H2,18,19,20)(H2,12,13,16,17)/t5-,6-,7-,10+,31?/m1/s1. The third kappa shape index (κ3) is 6.24. The van der Waals surface area contributed by atoms with Gasteiger partial charge in [-0.2, -0.15) is 8.62 Å². The van der Waals surface area contributed by atoms with E-state index in [9.17, 15) is 38.0 Å². The monoisotopic (exact) mass is 516 g/mol. The predicted molar refractivity (Wildman–Crippen MR) is 91.7 cm³/mol. The second-order valence-corrected chi connectivity index (χ2v) is 10.6. The summed E-state index contributed by atoms with van der Waals surface area (Å²) in [6.07, 6.45) is -4.52. The molecule has 0 radical (unpaired) electrons. The van der Waals surface area contributed by atoms with Crippen molar-refractivity contribution in [2.24, 2.45) is 0 Å². The molecule has 1 aliphatic heterocycles. The molecule has 0 amide bonds. The average Bonchev–Trinajstić information content (AvgIpc) is 2.82. The molecule has 17 nitrogen and oxygen atoms in total. The maximum atomic E-state index is 12.6. The molecule has 1 aliphatic rings. The molecular formula is C10H16FN2O15P3. The van der Waals surface area contributed by atoms with E-state index in [1.807, 2.05) is 4.98 Å². The van der Waals surface area contributed by atoms with E-state index in [-0.39, 0.29) is 5.56 Å². The first-order valence-corrected chi connectivity index (χ1v) is 12.2. The highest BCUT2D eigenvalue weighted by atomic mass is 31.3. The number of rotatable bonds is 9. The summed E-state index contributed by atoms with van der Waals surface area (Å²) in [4.78, 5) is 53.2. The normalized spacial score (nSPS) is 30.6. The van der Waals surface area contributed by atoms with Gasteiger partial charge in [0.15, 0.2) is 0 Å². The minimum atomic E-state index is -5.87. The summed E-state index contributed by atoms with van der Waals surface area (Å²) in [5.74, 6) is 0. The Labute approximate surface area is 170 Å². The molecule has 31 heavy (non-hydrogen) atoms. The maximum absolute atomic E-state index is 12.6. The fourth-order valence-electron chi connectivity index (χ4n) is 2.61. The third-order valence-corrected chi connectivity index (χ3v) is 7.85. The molecule has 2 heterocycles. The van der Waals surface area contributed by atoms with E-state index in [0.717, 1.165) is 13.1 Å². The number of aliphatic hydroxyl groups excluding tert-OH is 2. The summed E-state index contributed by atoms with van der Waals surface area (Å²) < 4.78 is 66.1. The molecule has 1 aromatic rings. The Bertz CT molecular complexity index is 1070. The fourth-order valence-corrected chi connectivity index (χ4v) is 5.75. The van der Waals surface area contributed by atoms with Gasteiger partial charge in [0.2, 0.25) is 0 Å². The molecular weight excluding hydrogens is 500 g/mol. The lowest BCUT2D eigenvalue weighted by molar-refractivity contribution is -0.0945. The van der Waals surface area contributed by atoms with Crippen LogP contribution in [0.25, 0.3) is 0 Å². The predicted octanol–water partition coefficient (Wildman–Crippen LogP) is -1.35. The maximum Gasteiger partial charge on any atom is 0.515 e. The van der Waals surface area contributed by atoms with Crippen molar-refractivity contribution in [3.63, 3.8) is 0 Å². The first-order valence-electron chi connectivity index (χ1n) is 7.74. The lowest BCUT2D eigenvalue weighted by Crippen LogP contribution is -2.43. The van der Waals surface area contributed by atoms with E-state index in [2.05, 4.69) is 22.9 Å². The summed E-state index contributed by atoms with van der Waals surface area (Å²) >= 11 is 0. The minimum absolute atomic E-state index is 0.350. The summed E-state index contributed by atoms with van der Waals surface area (Å²) in [6.45, 7) is -0.0342. The van der Waals surface area contributed by atoms with E-state index in [0.29, 0.717) is 0 Å². The zero-order valence-corrected chi connectivity index (χ0v) is 17.7. The molecule has 0 spiro atoms. The Morgan fingerprint density at radius 1 is 1.19 bits per heavy atom. The molecule has 6 atom stereocenters. The number of nitrogens with one attached hydrogen (secondary N) is 2. The average molecular weight is 516 g/mol. The zero-order chi connectivity index (χ0) is 23.8. The summed E-state index contributed by atoms with van der Waals surface area (Å²) in [5, 5.41) is 20.4. The van der Waals surface area contributed by atoms with E-state index in [1.54, 1.807) is 0 Å². The van der Waals surface area contributed by atoms with Crippen molar-refractivity contribution < 1.29 is 65.7 Å². The van der Waals surface area contributed by atoms with Crippen molar-refractivity contribution in [1.82, 2.24) is 9.97 Å². The highest BCUT2D eigenvalue weighted by molar-refractivity contribution is 7.66. The molecule has 1 fully saturated rings. The summed E-state index contributed by atoms with van der Waals surface area (Å²) in [7, 11) is -17.2. The van der Waals surface area contributed by atoms with Crippen LogP contribution in [0.2, 0.25) is 0 Å². The van der Waals surface area contributed by atoms with Crippen LogP contribution in [0.4, 0.5) is 4.53 Å². The second kappa shape index (κ2) is 9.03. The van der Waals surface area contributed by atoms with Crippen molar-refractivity contribution in [2.45, 2.75) is 30.8 Å². The molecule has 0 aliphatic carbocycles. The van der Waals surface area contributed by atoms with Gasteiger partial charge in [0.25, 0.3) is 5.56 Å². The van der Waals surface area contributed by atoms with Crippen molar-refractivity contribution >= 4 is 23.5 Å². The number of hydrogen-bond donors (Lipinski definition) is 7. The van der Waals surface area contributed by atoms with Gasteiger partial charge in [-0.3, -0.25) is 14.3 Å². The van der Waals surface area contributed by atoms with E-state index < -0.39 is 65.2 Å². The van der Waals surface area contributed by atoms with Gasteiger partial charge in [-0.15, -0.1) is 0 Å². The van der Waals surface area contributed by atoms with Crippen LogP contribution < -0.4 is 11.2 Å². The molecule has 0 bridgehead atoms. The van der Waals surface area contributed by atoms with Crippen molar-refractivity contribution in [3.05, 3.63) is 32.6 Å². The van der Waals surface area contributed by atoms with Crippen LogP contribution in [0.3, 0.4) is 0 Å². The molecule has 0 saturated carbocycles. The molecule has 2 unspecified atom stereocenters. The van der Waals surface area contributed by atoms with Crippen LogP contribution >= 0.6 is 23.5 Å². The third-order valence-electron chi connectivity index (χ3n) is 3.91. The van der Waals surface area contributed by atoms with Gasteiger partial charge in [-0.25, -0.2) is 18.5 Å². The number of aliphatic hydroxyl groups is 2. The van der Waals surface area contributed by atoms with E-state index >= 15 is 0 Å². The van der Waals surface area contributed by atoms with Gasteiger partial charge in [-0.05, 0) is 11.4 Å². The first kappa shape index (κ1) is 26.2. The van der Waals surface area contributed by atoms with Crippen LogP contribution in [0.5, 0.6) is 0 Å². The summed E-state index contributed by atoms with van der Waals surface area (Å²) in [5.41, 5.74) is -4.19. The first-order chi connectivity index (χ1) is 14.0. The molecule has 178 valence electrons. The highest BCUT2D eigenvalue weighted by Gasteiger charge is 2.54. The number of ether oxygens (including phenoxy) is 1. The number of hydrogen-bond acceptors (Lipinski definition) is 12. The Morgan fingerprint density at radius 3 is 2.32 bits per heavy atom. The van der Waals surface area contributed by atoms with Gasteiger partial charge >= 0.3 is 29.2 Å². The van der Waals surface area contributed by atoms with Gasteiger partial charge in [0.05, 0.1) is 12.2 Å². The molecule has 0 aromatic carbocycles. The van der Waals surface area contributed by atoms with Crippen LogP contribution in [0, 0.1) is 0 Å². The van der Waals surface area contributed by atoms with Gasteiger partial charge in [-0.1, -0.05) is 4.73 Å². The highest BCUT2D eigenvalue weighted by Crippen LogP contribution is 2.68. The molecule has 1 saturated heterocycles. The number of aromatic amines is 2. The number of H-pyrrole nitrogens is 2. The number of phosphoric acid groups is 3. The quantitative estimate of drug-likeness (QED) is 0.187. The number of halogens is 1. The SMILES string of the molecule is C[C@@]1(c2c[nH]c(=O)[nH]c2=O)O[C@H](COP(=O)(OF)OP(=O)(O)OP(=O)(O)O)[C@@H](O)[C@H]1O. The van der Waals surface area contributed by atoms with Crippen molar-refractivity contribution in [1.29, 1.82) is 0 Å². The Morgan fingerprint density at radius 2 is 1.81 bits per heavy atom. The molecule has 21 heteroatoms. The smallest absolute Gasteiger partial charge is 0.387 e. The van der Waals surface area contributed by atoms with E-state index in [4.69, 9.17) is 19.4 Å². The Hall–Kier alpha value is -1.10. The van der Waals surface area contributed by atoms with Crippen molar-refractivity contribution in [3.8, 4) is 0 Å². The number of aromatic nitrogens is 2. The Balaban J connectivity index is 2.18. The van der Waals surface area contributed by atoms with Crippen LogP contribution in [0.1, 0.15) is 12.5 Å². The molecule has 1 aromatic heterocycles. The zero-order valence-electron chi connectivity index (χ0n) is 15.1. The summed E-state index contributed by atoms with van der Waals surface area (Å²) in [6, 6.07) is 0. The Kier molecular flexibility index (Phi) is 7.62. The second-order valence-electron chi connectivity index (χ2n) is 6.12. The van der Waals surface area contributed by atoms with E-state index in [1.165, 1.54) is 0 Å². The van der Waals surface area contributed by atoms with Gasteiger partial charge in [0.1, 0.15) is 23.9 Å². The molecule has 7 N–H and O–H groups in total. The van der Waals surface area contributed by atoms with Crippen LogP contribution in [-0.2, 0) is 41.9 Å². The fraction of sp³-hybridized carbons (Fsp3) is 0.600. The van der Waals surface area contributed by atoms with Crippen molar-refractivity contribution in [2.75, 3.05) is 6.61 Å². The molecule has 2 rings (SSSR count). The van der Waals surface area contributed by atoms with Gasteiger partial charge < -0.3 is 34.6 Å². The van der Waals surface area contributed by atoms with Crippen LogP contribution in [0.15, 0.2) is 15.8 Å². The lowest BCUT2D eigenvalue weighted by atomic mass is 9.90. The van der Waals surface area contributed by atoms with Gasteiger partial charge in [0, 0.05) is 6.20 Å². The van der Waals surface area contributed by atoms with Crippen LogP contribution in [-0.4, -0.2) is 59.8 Å². The largest absolute Gasteiger partial charge is 0.515 e. The topological polar surface area (TPSA) is 264 Å². The lowest BCUT2D eigenvalue weighted by Gasteiger charge is -2.26.